The number of piperidine rings is 2. The Hall–Kier alpha value is -1.69. The molecule has 2 aromatic rings. The predicted octanol–water partition coefficient (Wildman–Crippen LogP) is 3.30. The highest BCUT2D eigenvalue weighted by atomic mass is 35.5. The Kier molecular flexibility index (Phi) is 3.81. The van der Waals surface area contributed by atoms with Gasteiger partial charge in [0.2, 0.25) is 0 Å². The third kappa shape index (κ3) is 2.75. The van der Waals surface area contributed by atoms with Crippen molar-refractivity contribution < 1.29 is 4.74 Å². The van der Waals surface area contributed by atoms with Gasteiger partial charge < -0.3 is 4.74 Å². The van der Waals surface area contributed by atoms with E-state index in [2.05, 4.69) is 34.7 Å². The van der Waals surface area contributed by atoms with Crippen LogP contribution in [-0.4, -0.2) is 67.0 Å². The summed E-state index contributed by atoms with van der Waals surface area (Å²) in [5, 5.41) is 1.52. The van der Waals surface area contributed by atoms with Crippen molar-refractivity contribution in [2.24, 2.45) is 15.8 Å². The lowest BCUT2D eigenvalue weighted by Gasteiger charge is -2.65. The van der Waals surface area contributed by atoms with E-state index in [0.717, 1.165) is 55.1 Å². The Morgan fingerprint density at radius 2 is 1.81 bits per heavy atom. The molecule has 4 fully saturated rings. The zero-order chi connectivity index (χ0) is 18.8. The molecule has 0 radical (unpaired) electrons. The number of ether oxygens (including phenoxy) is 1. The second kappa shape index (κ2) is 5.90. The summed E-state index contributed by atoms with van der Waals surface area (Å²) in [6.45, 7) is 10.4. The molecule has 0 saturated carbocycles. The molecule has 142 valence electrons. The number of pyridine rings is 1. The molecule has 1 aromatic carbocycles. The zero-order valence-corrected chi connectivity index (χ0v) is 16.8. The maximum atomic E-state index is 6.46. The van der Waals surface area contributed by atoms with Gasteiger partial charge in [-0.3, -0.25) is 14.8 Å². The van der Waals surface area contributed by atoms with Crippen molar-refractivity contribution in [2.45, 2.75) is 19.9 Å². The molecule has 6 heteroatoms. The van der Waals surface area contributed by atoms with Gasteiger partial charge in [0.05, 0.1) is 25.3 Å². The predicted molar refractivity (Wildman–Crippen MR) is 109 cm³/mol. The smallest absolute Gasteiger partial charge is 0.138 e. The van der Waals surface area contributed by atoms with E-state index in [4.69, 9.17) is 21.3 Å². The molecular weight excluding hydrogens is 360 g/mol. The van der Waals surface area contributed by atoms with Crippen LogP contribution in [0.2, 0.25) is 5.15 Å². The van der Waals surface area contributed by atoms with Crippen LogP contribution in [0.4, 0.5) is 0 Å². The average molecular weight is 385 g/mol. The van der Waals surface area contributed by atoms with Crippen LogP contribution < -0.4 is 4.74 Å². The Bertz CT molecular complexity index is 907. The minimum atomic E-state index is 0.194. The van der Waals surface area contributed by atoms with Crippen LogP contribution in [-0.2, 0) is 0 Å². The van der Waals surface area contributed by atoms with Gasteiger partial charge in [-0.15, -0.1) is 0 Å². The molecule has 5 heterocycles. The Labute approximate surface area is 165 Å². The molecule has 4 saturated heterocycles. The zero-order valence-electron chi connectivity index (χ0n) is 16.1. The SMILES string of the molecule is COc1ccc2nc(Cl)c(C=NC3C4(C)CN5CN(C4)CC3(C)C5)cc2c1. The standard InChI is InChI=1S/C21H25ClN4O/c1-20-9-25-11-21(2,12-26(10-20)13-25)19(20)23-8-15-6-14-7-16(27-3)4-5-17(14)24-18(15)22/h4-8,19H,9-13H2,1-3H3. The monoisotopic (exact) mass is 384 g/mol. The van der Waals surface area contributed by atoms with Crippen LogP contribution in [0.1, 0.15) is 19.4 Å². The maximum Gasteiger partial charge on any atom is 0.138 e. The molecule has 0 N–H and O–H groups in total. The third-order valence-electron chi connectivity index (χ3n) is 6.42. The van der Waals surface area contributed by atoms with E-state index in [1.54, 1.807) is 7.11 Å². The van der Waals surface area contributed by atoms with Crippen molar-refractivity contribution in [2.75, 3.05) is 40.0 Å². The number of nitrogens with zero attached hydrogens (tertiary/aromatic N) is 4. The van der Waals surface area contributed by atoms with E-state index in [-0.39, 0.29) is 10.8 Å². The number of hydrogen-bond acceptors (Lipinski definition) is 5. The molecule has 4 bridgehead atoms. The van der Waals surface area contributed by atoms with Crippen molar-refractivity contribution in [1.82, 2.24) is 14.8 Å². The van der Waals surface area contributed by atoms with Gasteiger partial charge in [0.1, 0.15) is 10.9 Å². The summed E-state index contributed by atoms with van der Waals surface area (Å²) in [5.74, 6) is 0.818. The van der Waals surface area contributed by atoms with Gasteiger partial charge in [0.25, 0.3) is 0 Å². The van der Waals surface area contributed by atoms with Gasteiger partial charge in [-0.2, -0.15) is 0 Å². The first-order valence-electron chi connectivity index (χ1n) is 9.51. The lowest BCUT2D eigenvalue weighted by molar-refractivity contribution is -0.165. The molecule has 4 aliphatic heterocycles. The number of aliphatic imine (C=N–C) groups is 1. The summed E-state index contributed by atoms with van der Waals surface area (Å²) in [6, 6.07) is 8.19. The van der Waals surface area contributed by atoms with Crippen LogP contribution in [0, 0.1) is 10.8 Å². The fourth-order valence-corrected chi connectivity index (χ4v) is 6.00. The van der Waals surface area contributed by atoms with Gasteiger partial charge in [0, 0.05) is 54.2 Å². The summed E-state index contributed by atoms with van der Waals surface area (Å²) < 4.78 is 5.33. The van der Waals surface area contributed by atoms with E-state index >= 15 is 0 Å². The molecule has 27 heavy (non-hydrogen) atoms. The molecular formula is C21H25ClN4O. The average Bonchev–Trinajstić information content (AvgIpc) is 2.59. The number of fused-ring (bicyclic) bond motifs is 1. The number of rotatable bonds is 3. The highest BCUT2D eigenvalue weighted by Crippen LogP contribution is 2.50. The Balaban J connectivity index is 1.51. The van der Waals surface area contributed by atoms with Crippen molar-refractivity contribution in [3.63, 3.8) is 0 Å². The van der Waals surface area contributed by atoms with Crippen LogP contribution in [0.25, 0.3) is 10.9 Å². The minimum Gasteiger partial charge on any atom is -0.497 e. The van der Waals surface area contributed by atoms with E-state index in [9.17, 15) is 0 Å². The van der Waals surface area contributed by atoms with Gasteiger partial charge in [-0.1, -0.05) is 25.4 Å². The Morgan fingerprint density at radius 3 is 2.44 bits per heavy atom. The van der Waals surface area contributed by atoms with Crippen molar-refractivity contribution in [1.29, 1.82) is 0 Å². The third-order valence-corrected chi connectivity index (χ3v) is 6.73. The quantitative estimate of drug-likeness (QED) is 0.601. The van der Waals surface area contributed by atoms with Gasteiger partial charge in [0.15, 0.2) is 0 Å². The summed E-state index contributed by atoms with van der Waals surface area (Å²) in [5.41, 5.74) is 2.13. The molecule has 0 spiro atoms. The lowest BCUT2D eigenvalue weighted by Crippen LogP contribution is -2.75. The normalized spacial score (nSPS) is 37.4. The molecule has 0 unspecified atom stereocenters. The van der Waals surface area contributed by atoms with E-state index in [0.29, 0.717) is 11.2 Å². The molecule has 5 nitrogen and oxygen atoms in total. The molecule has 0 aliphatic carbocycles. The highest BCUT2D eigenvalue weighted by molar-refractivity contribution is 6.32. The summed E-state index contributed by atoms with van der Waals surface area (Å²) in [7, 11) is 1.67. The lowest BCUT2D eigenvalue weighted by atomic mass is 9.60. The van der Waals surface area contributed by atoms with Crippen LogP contribution in [0.5, 0.6) is 5.75 Å². The first-order chi connectivity index (χ1) is 12.9. The van der Waals surface area contributed by atoms with Crippen LogP contribution in [0.15, 0.2) is 29.3 Å². The summed E-state index contributed by atoms with van der Waals surface area (Å²) in [4.78, 5) is 14.8. The van der Waals surface area contributed by atoms with Crippen molar-refractivity contribution >= 4 is 28.7 Å². The van der Waals surface area contributed by atoms with Crippen molar-refractivity contribution in [3.05, 3.63) is 35.0 Å². The molecule has 1 aromatic heterocycles. The Morgan fingerprint density at radius 1 is 1.15 bits per heavy atom. The highest BCUT2D eigenvalue weighted by Gasteiger charge is 2.59. The fraction of sp³-hybridized carbons (Fsp3) is 0.524. The maximum absolute atomic E-state index is 6.46. The second-order valence-electron chi connectivity index (χ2n) is 9.03. The molecule has 4 aliphatic rings. The van der Waals surface area contributed by atoms with E-state index in [1.807, 2.05) is 24.4 Å². The number of benzene rings is 1. The summed E-state index contributed by atoms with van der Waals surface area (Å²) >= 11 is 6.46. The first-order valence-corrected chi connectivity index (χ1v) is 9.89. The number of halogens is 1. The van der Waals surface area contributed by atoms with Crippen molar-refractivity contribution in [3.8, 4) is 5.75 Å². The largest absolute Gasteiger partial charge is 0.497 e. The molecule has 6 rings (SSSR count). The van der Waals surface area contributed by atoms with E-state index in [1.165, 1.54) is 0 Å². The first kappa shape index (κ1) is 17.4. The number of hydrogen-bond donors (Lipinski definition) is 0. The van der Waals surface area contributed by atoms with E-state index < -0.39 is 0 Å². The fourth-order valence-electron chi connectivity index (χ4n) is 5.80. The number of aromatic nitrogens is 1. The minimum absolute atomic E-state index is 0.194. The van der Waals surface area contributed by atoms with Gasteiger partial charge in [-0.25, -0.2) is 4.98 Å². The summed E-state index contributed by atoms with van der Waals surface area (Å²) in [6.07, 6.45) is 1.95. The topological polar surface area (TPSA) is 41.0 Å². The van der Waals surface area contributed by atoms with Gasteiger partial charge in [-0.05, 0) is 24.3 Å². The number of methoxy groups -OCH3 is 1. The molecule has 0 atom stereocenters. The van der Waals surface area contributed by atoms with Crippen LogP contribution >= 0.6 is 11.6 Å². The van der Waals surface area contributed by atoms with Crippen LogP contribution in [0.3, 0.4) is 0 Å². The second-order valence-corrected chi connectivity index (χ2v) is 9.39. The van der Waals surface area contributed by atoms with Gasteiger partial charge >= 0.3 is 0 Å². The molecule has 0 amide bonds.